The summed E-state index contributed by atoms with van der Waals surface area (Å²) >= 11 is 1.62. The molecule has 0 radical (unpaired) electrons. The number of thioether (sulfide) groups is 1. The molecule has 1 aromatic carbocycles. The van der Waals surface area contributed by atoms with Gasteiger partial charge in [-0.3, -0.25) is 4.79 Å². The van der Waals surface area contributed by atoms with Crippen LogP contribution in [0.4, 0.5) is 0 Å². The van der Waals surface area contributed by atoms with Gasteiger partial charge in [-0.15, -0.1) is 24.2 Å². The maximum atomic E-state index is 11.9. The molecule has 1 aromatic rings. The summed E-state index contributed by atoms with van der Waals surface area (Å²) in [6.45, 7) is 6.16. The van der Waals surface area contributed by atoms with Gasteiger partial charge in [-0.1, -0.05) is 17.7 Å². The number of amides is 1. The van der Waals surface area contributed by atoms with Crippen LogP contribution in [0.5, 0.6) is 0 Å². The number of aryl methyl sites for hydroxylation is 2. The van der Waals surface area contributed by atoms with Crippen molar-refractivity contribution in [3.05, 3.63) is 29.3 Å². The van der Waals surface area contributed by atoms with Crippen LogP contribution in [-0.2, 0) is 4.79 Å². The van der Waals surface area contributed by atoms with Gasteiger partial charge < -0.3 is 10.6 Å². The predicted molar refractivity (Wildman–Crippen MR) is 87.9 cm³/mol. The number of hydrogen-bond acceptors (Lipinski definition) is 3. The molecule has 1 saturated heterocycles. The molecule has 1 heterocycles. The van der Waals surface area contributed by atoms with Crippen molar-refractivity contribution >= 4 is 30.1 Å². The van der Waals surface area contributed by atoms with Gasteiger partial charge in [0.15, 0.2) is 0 Å². The lowest BCUT2D eigenvalue weighted by atomic mass is 10.1. The molecule has 1 aliphatic rings. The Labute approximate surface area is 131 Å². The Kier molecular flexibility index (Phi) is 7.41. The van der Waals surface area contributed by atoms with Gasteiger partial charge in [0.1, 0.15) is 0 Å². The maximum Gasteiger partial charge on any atom is 0.230 e. The van der Waals surface area contributed by atoms with Gasteiger partial charge in [-0.25, -0.2) is 0 Å². The van der Waals surface area contributed by atoms with Crippen LogP contribution in [0.2, 0.25) is 0 Å². The minimum atomic E-state index is 0. The molecule has 0 aromatic heterocycles. The molecular weight excluding hydrogens is 292 g/mol. The summed E-state index contributed by atoms with van der Waals surface area (Å²) in [7, 11) is 0. The van der Waals surface area contributed by atoms with Gasteiger partial charge in [0.2, 0.25) is 5.91 Å². The van der Waals surface area contributed by atoms with Crippen molar-refractivity contribution in [3.8, 4) is 0 Å². The molecule has 5 heteroatoms. The van der Waals surface area contributed by atoms with Gasteiger partial charge in [-0.2, -0.15) is 0 Å². The number of hydrogen-bond donors (Lipinski definition) is 2. The van der Waals surface area contributed by atoms with Crippen LogP contribution in [-0.4, -0.2) is 30.8 Å². The highest BCUT2D eigenvalue weighted by Gasteiger charge is 2.15. The highest BCUT2D eigenvalue weighted by atomic mass is 35.5. The summed E-state index contributed by atoms with van der Waals surface area (Å²) in [5.41, 5.74) is 2.51. The van der Waals surface area contributed by atoms with Gasteiger partial charge in [-0.05, 0) is 44.9 Å². The second kappa shape index (κ2) is 8.55. The third kappa shape index (κ3) is 5.35. The average Bonchev–Trinajstić information content (AvgIpc) is 2.39. The Hall–Kier alpha value is -0.710. The first-order valence-electron chi connectivity index (χ1n) is 6.85. The topological polar surface area (TPSA) is 41.1 Å². The second-order valence-corrected chi connectivity index (χ2v) is 6.19. The van der Waals surface area contributed by atoms with E-state index in [1.165, 1.54) is 16.0 Å². The van der Waals surface area contributed by atoms with Gasteiger partial charge in [0, 0.05) is 17.5 Å². The molecule has 0 spiro atoms. The molecule has 1 atom stereocenters. The van der Waals surface area contributed by atoms with E-state index in [0.717, 1.165) is 25.9 Å². The maximum absolute atomic E-state index is 11.9. The highest BCUT2D eigenvalue weighted by Crippen LogP contribution is 2.22. The van der Waals surface area contributed by atoms with Crippen molar-refractivity contribution in [1.29, 1.82) is 0 Å². The van der Waals surface area contributed by atoms with Gasteiger partial charge >= 0.3 is 0 Å². The molecule has 2 N–H and O–H groups in total. The summed E-state index contributed by atoms with van der Waals surface area (Å²) in [6.07, 6.45) is 2.24. The van der Waals surface area contributed by atoms with Gasteiger partial charge in [0.25, 0.3) is 0 Å². The van der Waals surface area contributed by atoms with E-state index in [-0.39, 0.29) is 18.3 Å². The lowest BCUT2D eigenvalue weighted by Gasteiger charge is -2.23. The van der Waals surface area contributed by atoms with Crippen LogP contribution in [0.1, 0.15) is 24.0 Å². The zero-order valence-corrected chi connectivity index (χ0v) is 13.7. The fourth-order valence-electron chi connectivity index (χ4n) is 2.35. The molecule has 1 fully saturated rings. The average molecular weight is 315 g/mol. The monoisotopic (exact) mass is 314 g/mol. The number of piperidine rings is 1. The van der Waals surface area contributed by atoms with Crippen molar-refractivity contribution in [3.63, 3.8) is 0 Å². The van der Waals surface area contributed by atoms with E-state index in [4.69, 9.17) is 0 Å². The van der Waals surface area contributed by atoms with Crippen LogP contribution in [0.25, 0.3) is 0 Å². The Balaban J connectivity index is 0.00000200. The zero-order valence-electron chi connectivity index (χ0n) is 12.1. The van der Waals surface area contributed by atoms with Crippen molar-refractivity contribution in [2.75, 3.05) is 18.8 Å². The Morgan fingerprint density at radius 1 is 1.45 bits per heavy atom. The summed E-state index contributed by atoms with van der Waals surface area (Å²) in [6, 6.07) is 6.66. The van der Waals surface area contributed by atoms with E-state index in [1.807, 2.05) is 0 Å². The number of halogens is 1. The normalized spacial score (nSPS) is 18.2. The van der Waals surface area contributed by atoms with E-state index in [9.17, 15) is 4.79 Å². The van der Waals surface area contributed by atoms with E-state index >= 15 is 0 Å². The number of carbonyl (C=O) groups is 1. The SMILES string of the molecule is Cc1ccc(SCC(=O)N[C@H]2CCCNC2)c(C)c1.Cl. The largest absolute Gasteiger partial charge is 0.351 e. The van der Waals surface area contributed by atoms with Gasteiger partial charge in [0.05, 0.1) is 5.75 Å². The molecule has 20 heavy (non-hydrogen) atoms. The van der Waals surface area contributed by atoms with Crippen molar-refractivity contribution in [2.45, 2.75) is 37.6 Å². The van der Waals surface area contributed by atoms with E-state index in [1.54, 1.807) is 11.8 Å². The first-order valence-corrected chi connectivity index (χ1v) is 7.84. The van der Waals surface area contributed by atoms with Crippen molar-refractivity contribution < 1.29 is 4.79 Å². The van der Waals surface area contributed by atoms with E-state index in [0.29, 0.717) is 11.8 Å². The summed E-state index contributed by atoms with van der Waals surface area (Å²) in [4.78, 5) is 13.1. The first-order chi connectivity index (χ1) is 9.15. The molecular formula is C15H23ClN2OS. The third-order valence-electron chi connectivity index (χ3n) is 3.35. The molecule has 112 valence electrons. The number of carbonyl (C=O) groups excluding carboxylic acids is 1. The Bertz CT molecular complexity index is 447. The molecule has 2 rings (SSSR count). The summed E-state index contributed by atoms with van der Waals surface area (Å²) < 4.78 is 0. The van der Waals surface area contributed by atoms with Crippen LogP contribution in [0.15, 0.2) is 23.1 Å². The fourth-order valence-corrected chi connectivity index (χ4v) is 3.17. The molecule has 0 bridgehead atoms. The quantitative estimate of drug-likeness (QED) is 0.840. The Morgan fingerprint density at radius 2 is 2.25 bits per heavy atom. The smallest absolute Gasteiger partial charge is 0.230 e. The molecule has 1 amide bonds. The Morgan fingerprint density at radius 3 is 2.90 bits per heavy atom. The van der Waals surface area contributed by atoms with Crippen molar-refractivity contribution in [1.82, 2.24) is 10.6 Å². The van der Waals surface area contributed by atoms with Crippen LogP contribution < -0.4 is 10.6 Å². The number of benzene rings is 1. The number of rotatable bonds is 4. The minimum absolute atomic E-state index is 0. The molecule has 0 aliphatic carbocycles. The lowest BCUT2D eigenvalue weighted by molar-refractivity contribution is -0.119. The fraction of sp³-hybridized carbons (Fsp3) is 0.533. The van der Waals surface area contributed by atoms with E-state index in [2.05, 4.69) is 42.7 Å². The zero-order chi connectivity index (χ0) is 13.7. The predicted octanol–water partition coefficient (Wildman–Crippen LogP) is 2.69. The van der Waals surface area contributed by atoms with Crippen LogP contribution >= 0.6 is 24.2 Å². The third-order valence-corrected chi connectivity index (χ3v) is 4.53. The van der Waals surface area contributed by atoms with Crippen molar-refractivity contribution in [2.24, 2.45) is 0 Å². The summed E-state index contributed by atoms with van der Waals surface area (Å²) in [5.74, 6) is 0.638. The van der Waals surface area contributed by atoms with Crippen LogP contribution in [0, 0.1) is 13.8 Å². The molecule has 1 aliphatic heterocycles. The summed E-state index contributed by atoms with van der Waals surface area (Å²) in [5, 5.41) is 6.41. The molecule has 0 unspecified atom stereocenters. The number of nitrogens with one attached hydrogen (secondary N) is 2. The minimum Gasteiger partial charge on any atom is -0.351 e. The standard InChI is InChI=1S/C15H22N2OS.ClH/c1-11-5-6-14(12(2)8-11)19-10-15(18)17-13-4-3-7-16-9-13;/h5-6,8,13,16H,3-4,7,9-10H2,1-2H3,(H,17,18);1H/t13-;/m0./s1. The molecule has 3 nitrogen and oxygen atoms in total. The lowest BCUT2D eigenvalue weighted by Crippen LogP contribution is -2.46. The highest BCUT2D eigenvalue weighted by molar-refractivity contribution is 8.00. The first kappa shape index (κ1) is 17.3. The molecule has 0 saturated carbocycles. The second-order valence-electron chi connectivity index (χ2n) is 5.17. The van der Waals surface area contributed by atoms with E-state index < -0.39 is 0 Å². The van der Waals surface area contributed by atoms with Crippen LogP contribution in [0.3, 0.4) is 0 Å².